The Labute approximate surface area is 108 Å². The number of amides is 1. The molecule has 4 nitrogen and oxygen atoms in total. The highest BCUT2D eigenvalue weighted by molar-refractivity contribution is 5.82. The van der Waals surface area contributed by atoms with E-state index in [9.17, 15) is 4.79 Å². The van der Waals surface area contributed by atoms with E-state index < -0.39 is 0 Å². The number of nitrogens with one attached hydrogen (secondary N) is 1. The van der Waals surface area contributed by atoms with Crippen LogP contribution in [0.15, 0.2) is 35.4 Å². The molecule has 1 aromatic carbocycles. The first-order valence-corrected chi connectivity index (χ1v) is 5.15. The summed E-state index contributed by atoms with van der Waals surface area (Å²) in [7, 11) is 5.88. The van der Waals surface area contributed by atoms with Gasteiger partial charge in [-0.1, -0.05) is 30.3 Å². The molecular formula is C12H18ClN3O. The Bertz CT molecular complexity index is 371. The standard InChI is InChI=1S/C12H17N3O.ClH/c1-15(2,3)10-12(16)14-13-9-11-7-5-4-6-8-11;/h4-9H,10H2,1-3H3;1H/b13-9+;. The maximum absolute atomic E-state index is 11.4. The molecule has 0 unspecified atom stereocenters. The topological polar surface area (TPSA) is 41.5 Å². The largest absolute Gasteiger partial charge is 1.00 e. The summed E-state index contributed by atoms with van der Waals surface area (Å²) in [5.74, 6) is -0.0836. The minimum absolute atomic E-state index is 0. The molecule has 0 spiro atoms. The van der Waals surface area contributed by atoms with E-state index in [4.69, 9.17) is 0 Å². The summed E-state index contributed by atoms with van der Waals surface area (Å²) in [6.07, 6.45) is 1.63. The molecular weight excluding hydrogens is 238 g/mol. The van der Waals surface area contributed by atoms with Gasteiger partial charge >= 0.3 is 0 Å². The molecule has 0 aliphatic heterocycles. The zero-order valence-electron chi connectivity index (χ0n) is 10.4. The highest BCUT2D eigenvalue weighted by atomic mass is 35.5. The molecule has 0 radical (unpaired) electrons. The van der Waals surface area contributed by atoms with Crippen molar-refractivity contribution in [3.8, 4) is 0 Å². The molecule has 5 heteroatoms. The number of quaternary nitrogens is 1. The van der Waals surface area contributed by atoms with Gasteiger partial charge in [-0.05, 0) is 5.56 Å². The lowest BCUT2D eigenvalue weighted by Gasteiger charge is -2.21. The SMILES string of the molecule is C[N+](C)(C)CC(=O)N/N=C/c1ccccc1.[Cl-]. The molecule has 94 valence electrons. The van der Waals surface area contributed by atoms with Gasteiger partial charge in [-0.15, -0.1) is 0 Å². The summed E-state index contributed by atoms with van der Waals surface area (Å²) in [5, 5.41) is 3.89. The predicted molar refractivity (Wildman–Crippen MR) is 65.1 cm³/mol. The number of hydrazone groups is 1. The molecule has 0 aliphatic carbocycles. The molecule has 1 aromatic rings. The van der Waals surface area contributed by atoms with E-state index in [0.717, 1.165) is 5.56 Å². The average molecular weight is 256 g/mol. The van der Waals surface area contributed by atoms with Crippen LogP contribution in [0.25, 0.3) is 0 Å². The van der Waals surface area contributed by atoms with E-state index in [0.29, 0.717) is 11.0 Å². The Kier molecular flexibility index (Phi) is 6.46. The average Bonchev–Trinajstić information content (AvgIpc) is 2.16. The number of hydrogen-bond acceptors (Lipinski definition) is 2. The fraction of sp³-hybridized carbons (Fsp3) is 0.333. The van der Waals surface area contributed by atoms with E-state index in [2.05, 4.69) is 10.5 Å². The summed E-state index contributed by atoms with van der Waals surface area (Å²) in [6, 6.07) is 9.64. The normalized spacial score (nSPS) is 11.0. The Morgan fingerprint density at radius 3 is 2.41 bits per heavy atom. The van der Waals surface area contributed by atoms with Crippen molar-refractivity contribution in [3.63, 3.8) is 0 Å². The third-order valence-corrected chi connectivity index (χ3v) is 1.82. The van der Waals surface area contributed by atoms with Gasteiger partial charge in [0.05, 0.1) is 27.4 Å². The van der Waals surface area contributed by atoms with Crippen LogP contribution in [0.1, 0.15) is 5.56 Å². The molecule has 1 rings (SSSR count). The van der Waals surface area contributed by atoms with Gasteiger partial charge in [0.1, 0.15) is 0 Å². The Balaban J connectivity index is 0.00000256. The second kappa shape index (κ2) is 7.04. The molecule has 17 heavy (non-hydrogen) atoms. The number of likely N-dealkylation sites (N-methyl/N-ethyl adjacent to an activating group) is 1. The predicted octanol–water partition coefficient (Wildman–Crippen LogP) is -2.15. The number of benzene rings is 1. The summed E-state index contributed by atoms with van der Waals surface area (Å²) in [5.41, 5.74) is 3.47. The van der Waals surface area contributed by atoms with Crippen molar-refractivity contribution >= 4 is 12.1 Å². The molecule has 0 aliphatic rings. The number of halogens is 1. The van der Waals surface area contributed by atoms with E-state index >= 15 is 0 Å². The van der Waals surface area contributed by atoms with Crippen LogP contribution >= 0.6 is 0 Å². The van der Waals surface area contributed by atoms with E-state index in [1.807, 2.05) is 51.5 Å². The molecule has 0 bridgehead atoms. The third kappa shape index (κ3) is 7.49. The van der Waals surface area contributed by atoms with Crippen LogP contribution in [0.3, 0.4) is 0 Å². The smallest absolute Gasteiger partial charge is 0.295 e. The summed E-state index contributed by atoms with van der Waals surface area (Å²) >= 11 is 0. The van der Waals surface area contributed by atoms with Crippen molar-refractivity contribution in [2.45, 2.75) is 0 Å². The summed E-state index contributed by atoms with van der Waals surface area (Å²) < 4.78 is 0.590. The van der Waals surface area contributed by atoms with Gasteiger partial charge in [-0.25, -0.2) is 5.43 Å². The lowest BCUT2D eigenvalue weighted by atomic mass is 10.2. The highest BCUT2D eigenvalue weighted by Gasteiger charge is 2.12. The molecule has 0 saturated carbocycles. The van der Waals surface area contributed by atoms with Crippen LogP contribution < -0.4 is 17.8 Å². The van der Waals surface area contributed by atoms with Crippen molar-refractivity contribution in [3.05, 3.63) is 35.9 Å². The number of hydrogen-bond donors (Lipinski definition) is 1. The first-order chi connectivity index (χ1) is 7.47. The van der Waals surface area contributed by atoms with Gasteiger partial charge in [-0.3, -0.25) is 4.79 Å². The summed E-state index contributed by atoms with van der Waals surface area (Å²) in [4.78, 5) is 11.4. The monoisotopic (exact) mass is 255 g/mol. The van der Waals surface area contributed by atoms with E-state index in [-0.39, 0.29) is 18.3 Å². The third-order valence-electron chi connectivity index (χ3n) is 1.82. The Morgan fingerprint density at radius 2 is 1.88 bits per heavy atom. The minimum Gasteiger partial charge on any atom is -1.00 e. The van der Waals surface area contributed by atoms with Gasteiger partial charge in [-0.2, -0.15) is 5.10 Å². The molecule has 1 N–H and O–H groups in total. The molecule has 1 amide bonds. The highest BCUT2D eigenvalue weighted by Crippen LogP contribution is 1.93. The number of carbonyl (C=O) groups excluding carboxylic acids is 1. The summed E-state index contributed by atoms with van der Waals surface area (Å²) in [6.45, 7) is 0.409. The van der Waals surface area contributed by atoms with Crippen LogP contribution in [0.2, 0.25) is 0 Å². The number of nitrogens with zero attached hydrogens (tertiary/aromatic N) is 2. The zero-order valence-corrected chi connectivity index (χ0v) is 11.1. The van der Waals surface area contributed by atoms with Crippen molar-refractivity contribution in [1.29, 1.82) is 0 Å². The first-order valence-electron chi connectivity index (χ1n) is 5.15. The van der Waals surface area contributed by atoms with Gasteiger partial charge in [0.2, 0.25) is 0 Å². The lowest BCUT2D eigenvalue weighted by molar-refractivity contribution is -0.862. The minimum atomic E-state index is -0.0836. The van der Waals surface area contributed by atoms with Crippen LogP contribution in [-0.2, 0) is 4.79 Å². The zero-order chi connectivity index (χ0) is 12.0. The first kappa shape index (κ1) is 15.6. The van der Waals surface area contributed by atoms with Crippen molar-refractivity contribution in [2.24, 2.45) is 5.10 Å². The van der Waals surface area contributed by atoms with Crippen molar-refractivity contribution in [2.75, 3.05) is 27.7 Å². The molecule has 0 saturated heterocycles. The van der Waals surface area contributed by atoms with Crippen molar-refractivity contribution < 1.29 is 21.7 Å². The molecule has 0 atom stereocenters. The van der Waals surface area contributed by atoms with E-state index in [1.165, 1.54) is 0 Å². The quantitative estimate of drug-likeness (QED) is 0.372. The van der Waals surface area contributed by atoms with E-state index in [1.54, 1.807) is 6.21 Å². The van der Waals surface area contributed by atoms with Crippen molar-refractivity contribution in [1.82, 2.24) is 5.43 Å². The fourth-order valence-electron chi connectivity index (χ4n) is 1.18. The number of carbonyl (C=O) groups is 1. The maximum atomic E-state index is 11.4. The maximum Gasteiger partial charge on any atom is 0.295 e. The second-order valence-corrected chi connectivity index (χ2v) is 4.65. The Hall–Kier alpha value is -1.39. The van der Waals surface area contributed by atoms with Gasteiger partial charge < -0.3 is 16.9 Å². The molecule has 0 heterocycles. The van der Waals surface area contributed by atoms with Crippen LogP contribution in [0, 0.1) is 0 Å². The van der Waals surface area contributed by atoms with Gasteiger partial charge in [0, 0.05) is 0 Å². The van der Waals surface area contributed by atoms with Crippen LogP contribution in [-0.4, -0.2) is 44.3 Å². The second-order valence-electron chi connectivity index (χ2n) is 4.65. The van der Waals surface area contributed by atoms with Gasteiger partial charge in [0.25, 0.3) is 5.91 Å². The van der Waals surface area contributed by atoms with Crippen LogP contribution in [0.5, 0.6) is 0 Å². The van der Waals surface area contributed by atoms with Gasteiger partial charge in [0.15, 0.2) is 6.54 Å². The number of rotatable bonds is 4. The fourth-order valence-corrected chi connectivity index (χ4v) is 1.18. The Morgan fingerprint density at radius 1 is 1.29 bits per heavy atom. The molecule has 0 fully saturated rings. The van der Waals surface area contributed by atoms with Crippen LogP contribution in [0.4, 0.5) is 0 Å². The molecule has 0 aromatic heterocycles. The lowest BCUT2D eigenvalue weighted by Crippen LogP contribution is -3.00.